The molecule has 0 saturated heterocycles. The van der Waals surface area contributed by atoms with Crippen LogP contribution < -0.4 is 0 Å². The molecule has 0 fully saturated rings. The molecular weight excluding hydrogens is 284 g/mol. The Morgan fingerprint density at radius 2 is 2.05 bits per heavy atom. The van der Waals surface area contributed by atoms with Crippen LogP contribution in [0.3, 0.4) is 0 Å². The summed E-state index contributed by atoms with van der Waals surface area (Å²) in [4.78, 5) is 7.03. The van der Waals surface area contributed by atoms with Crippen molar-refractivity contribution >= 4 is 11.6 Å². The maximum atomic E-state index is 6.19. The predicted octanol–water partition coefficient (Wildman–Crippen LogP) is 5.01. The van der Waals surface area contributed by atoms with Crippen molar-refractivity contribution in [2.45, 2.75) is 46.2 Å². The van der Waals surface area contributed by atoms with E-state index in [2.05, 4.69) is 30.7 Å². The molecule has 2 rings (SSSR count). The monoisotopic (exact) mass is 306 g/mol. The zero-order chi connectivity index (χ0) is 15.2. The van der Waals surface area contributed by atoms with Crippen molar-refractivity contribution in [3.05, 3.63) is 41.2 Å². The molecule has 0 aliphatic carbocycles. The lowest BCUT2D eigenvalue weighted by Crippen LogP contribution is -2.32. The molecule has 21 heavy (non-hydrogen) atoms. The van der Waals surface area contributed by atoms with Crippen LogP contribution in [-0.2, 0) is 6.54 Å². The maximum absolute atomic E-state index is 6.19. The van der Waals surface area contributed by atoms with Gasteiger partial charge in [-0.1, -0.05) is 37.6 Å². The number of halogens is 1. The number of rotatable bonds is 7. The van der Waals surface area contributed by atoms with Crippen LogP contribution in [0.5, 0.6) is 0 Å². The molecule has 0 amide bonds. The SMILES string of the molecule is CCCN(Cc1coc(-c2ccccc2Cl)n1)C(C)CC. The van der Waals surface area contributed by atoms with Crippen molar-refractivity contribution in [2.75, 3.05) is 6.54 Å². The number of aromatic nitrogens is 1. The average molecular weight is 307 g/mol. The highest BCUT2D eigenvalue weighted by molar-refractivity contribution is 6.33. The van der Waals surface area contributed by atoms with Gasteiger partial charge in [0.2, 0.25) is 5.89 Å². The number of benzene rings is 1. The van der Waals surface area contributed by atoms with Crippen molar-refractivity contribution in [1.82, 2.24) is 9.88 Å². The molecule has 0 bridgehead atoms. The molecule has 3 nitrogen and oxygen atoms in total. The van der Waals surface area contributed by atoms with E-state index in [0.717, 1.165) is 37.2 Å². The number of hydrogen-bond acceptors (Lipinski definition) is 3. The molecule has 1 aromatic carbocycles. The second-order valence-electron chi connectivity index (χ2n) is 5.35. The summed E-state index contributed by atoms with van der Waals surface area (Å²) in [5, 5.41) is 0.665. The molecule has 0 radical (unpaired) electrons. The largest absolute Gasteiger partial charge is 0.444 e. The van der Waals surface area contributed by atoms with Crippen LogP contribution in [0.4, 0.5) is 0 Å². The van der Waals surface area contributed by atoms with Gasteiger partial charge in [0.1, 0.15) is 6.26 Å². The Labute approximate surface area is 131 Å². The molecule has 1 heterocycles. The molecular formula is C17H23ClN2O. The van der Waals surface area contributed by atoms with Gasteiger partial charge in [-0.25, -0.2) is 4.98 Å². The van der Waals surface area contributed by atoms with E-state index >= 15 is 0 Å². The van der Waals surface area contributed by atoms with Gasteiger partial charge in [0.05, 0.1) is 16.3 Å². The molecule has 0 spiro atoms. The first-order valence-corrected chi connectivity index (χ1v) is 7.96. The third-order valence-electron chi connectivity index (χ3n) is 3.75. The Morgan fingerprint density at radius 1 is 1.29 bits per heavy atom. The van der Waals surface area contributed by atoms with E-state index in [1.165, 1.54) is 0 Å². The van der Waals surface area contributed by atoms with Gasteiger partial charge < -0.3 is 4.42 Å². The fourth-order valence-electron chi connectivity index (χ4n) is 2.35. The van der Waals surface area contributed by atoms with E-state index in [4.69, 9.17) is 16.0 Å². The van der Waals surface area contributed by atoms with Gasteiger partial charge in [0, 0.05) is 12.6 Å². The summed E-state index contributed by atoms with van der Waals surface area (Å²) in [5.41, 5.74) is 1.80. The van der Waals surface area contributed by atoms with Crippen LogP contribution in [0.2, 0.25) is 5.02 Å². The third-order valence-corrected chi connectivity index (χ3v) is 4.08. The second kappa shape index (κ2) is 7.62. The van der Waals surface area contributed by atoms with E-state index in [1.807, 2.05) is 24.3 Å². The van der Waals surface area contributed by atoms with Crippen LogP contribution in [0.25, 0.3) is 11.5 Å². The number of hydrogen-bond donors (Lipinski definition) is 0. The predicted molar refractivity (Wildman–Crippen MR) is 87.4 cm³/mol. The zero-order valence-corrected chi connectivity index (χ0v) is 13.7. The fraction of sp³-hybridized carbons (Fsp3) is 0.471. The maximum Gasteiger partial charge on any atom is 0.227 e. The van der Waals surface area contributed by atoms with Gasteiger partial charge in [-0.2, -0.15) is 0 Å². The van der Waals surface area contributed by atoms with Crippen LogP contribution in [0.15, 0.2) is 34.9 Å². The fourth-order valence-corrected chi connectivity index (χ4v) is 2.56. The normalized spacial score (nSPS) is 12.8. The molecule has 1 atom stereocenters. The van der Waals surface area contributed by atoms with E-state index < -0.39 is 0 Å². The van der Waals surface area contributed by atoms with E-state index in [1.54, 1.807) is 6.26 Å². The van der Waals surface area contributed by atoms with Crippen LogP contribution in [-0.4, -0.2) is 22.5 Å². The quantitative estimate of drug-likeness (QED) is 0.720. The minimum Gasteiger partial charge on any atom is -0.444 e. The Balaban J connectivity index is 2.14. The van der Waals surface area contributed by atoms with Crippen molar-refractivity contribution in [1.29, 1.82) is 0 Å². The van der Waals surface area contributed by atoms with Crippen molar-refractivity contribution in [2.24, 2.45) is 0 Å². The summed E-state index contributed by atoms with van der Waals surface area (Å²) in [6, 6.07) is 8.17. The highest BCUT2D eigenvalue weighted by atomic mass is 35.5. The molecule has 0 saturated carbocycles. The summed E-state index contributed by atoms with van der Waals surface area (Å²) in [6.45, 7) is 8.56. The summed E-state index contributed by atoms with van der Waals surface area (Å²) in [5.74, 6) is 0.594. The Hall–Kier alpha value is -1.32. The lowest BCUT2D eigenvalue weighted by atomic mass is 10.2. The highest BCUT2D eigenvalue weighted by Gasteiger charge is 2.15. The lowest BCUT2D eigenvalue weighted by Gasteiger charge is -2.26. The summed E-state index contributed by atoms with van der Waals surface area (Å²) in [7, 11) is 0. The molecule has 1 aromatic heterocycles. The van der Waals surface area contributed by atoms with Crippen molar-refractivity contribution in [3.8, 4) is 11.5 Å². The topological polar surface area (TPSA) is 29.3 Å². The Morgan fingerprint density at radius 3 is 2.71 bits per heavy atom. The first kappa shape index (κ1) is 16.1. The number of oxazole rings is 1. The number of nitrogens with zero attached hydrogens (tertiary/aromatic N) is 2. The van der Waals surface area contributed by atoms with Crippen molar-refractivity contribution < 1.29 is 4.42 Å². The van der Waals surface area contributed by atoms with E-state index in [9.17, 15) is 0 Å². The van der Waals surface area contributed by atoms with Gasteiger partial charge >= 0.3 is 0 Å². The van der Waals surface area contributed by atoms with Gasteiger partial charge in [0.25, 0.3) is 0 Å². The summed E-state index contributed by atoms with van der Waals surface area (Å²) >= 11 is 6.19. The minimum absolute atomic E-state index is 0.547. The van der Waals surface area contributed by atoms with Gasteiger partial charge in [-0.3, -0.25) is 4.90 Å². The van der Waals surface area contributed by atoms with Gasteiger partial charge in [0.15, 0.2) is 0 Å². The molecule has 2 aromatic rings. The molecule has 0 aliphatic rings. The minimum atomic E-state index is 0.547. The Bertz CT molecular complexity index is 567. The Kier molecular flexibility index (Phi) is 5.83. The van der Waals surface area contributed by atoms with E-state index in [-0.39, 0.29) is 0 Å². The second-order valence-corrected chi connectivity index (χ2v) is 5.76. The third kappa shape index (κ3) is 4.08. The summed E-state index contributed by atoms with van der Waals surface area (Å²) in [6.07, 6.45) is 4.01. The van der Waals surface area contributed by atoms with Crippen LogP contribution in [0.1, 0.15) is 39.3 Å². The first-order chi connectivity index (χ1) is 10.2. The van der Waals surface area contributed by atoms with Gasteiger partial charge in [-0.15, -0.1) is 0 Å². The molecule has 0 N–H and O–H groups in total. The first-order valence-electron chi connectivity index (χ1n) is 7.59. The lowest BCUT2D eigenvalue weighted by molar-refractivity contribution is 0.193. The molecule has 4 heteroatoms. The standard InChI is InChI=1S/C17H23ClN2O/c1-4-10-20(13(3)5-2)11-14-12-21-17(19-14)15-8-6-7-9-16(15)18/h6-9,12-13H,4-5,10-11H2,1-3H3. The van der Waals surface area contributed by atoms with Crippen LogP contribution in [0, 0.1) is 0 Å². The highest BCUT2D eigenvalue weighted by Crippen LogP contribution is 2.27. The molecule has 1 unspecified atom stereocenters. The average Bonchev–Trinajstić information content (AvgIpc) is 2.95. The summed E-state index contributed by atoms with van der Waals surface area (Å²) < 4.78 is 5.60. The molecule has 0 aliphatic heterocycles. The van der Waals surface area contributed by atoms with Crippen molar-refractivity contribution in [3.63, 3.8) is 0 Å². The van der Waals surface area contributed by atoms with Crippen LogP contribution >= 0.6 is 11.6 Å². The smallest absolute Gasteiger partial charge is 0.227 e. The van der Waals surface area contributed by atoms with Gasteiger partial charge in [-0.05, 0) is 38.4 Å². The molecule has 114 valence electrons. The van der Waals surface area contributed by atoms with E-state index in [0.29, 0.717) is 17.0 Å². The zero-order valence-electron chi connectivity index (χ0n) is 13.0.